The van der Waals surface area contributed by atoms with Crippen LogP contribution in [-0.2, 0) is 16.1 Å². The normalized spacial score (nSPS) is 23.3. The number of anilines is 1. The Bertz CT molecular complexity index is 531. The van der Waals surface area contributed by atoms with Crippen LogP contribution in [-0.4, -0.2) is 59.0 Å². The van der Waals surface area contributed by atoms with Crippen molar-refractivity contribution in [3.63, 3.8) is 0 Å². The topological polar surface area (TPSA) is 85.4 Å². The summed E-state index contributed by atoms with van der Waals surface area (Å²) in [6, 6.07) is 2.03. The number of piperidine rings is 1. The molecular formula is C16H27N5O2. The number of nitrogens with zero attached hydrogens (tertiary/aromatic N) is 3. The van der Waals surface area contributed by atoms with E-state index in [1.54, 1.807) is 10.7 Å². The van der Waals surface area contributed by atoms with Crippen molar-refractivity contribution in [1.82, 2.24) is 20.0 Å². The number of hydrogen-bond acceptors (Lipinski definition) is 5. The standard InChI is InChI=1S/C16H27N5O2/c1-12-9-15(17)21(19-12)11-16(22)18-13-4-6-20(7-5-13)10-14-3-2-8-23-14/h9,13-14H,2-8,10-11,17H2,1H3,(H,18,22)/t14-/m1/s1. The molecule has 1 aromatic heterocycles. The zero-order chi connectivity index (χ0) is 16.2. The maximum absolute atomic E-state index is 12.1. The van der Waals surface area contributed by atoms with Gasteiger partial charge in [0.15, 0.2) is 0 Å². The molecule has 0 radical (unpaired) electrons. The molecule has 0 aliphatic carbocycles. The van der Waals surface area contributed by atoms with Crippen molar-refractivity contribution < 1.29 is 9.53 Å². The summed E-state index contributed by atoms with van der Waals surface area (Å²) < 4.78 is 7.25. The van der Waals surface area contributed by atoms with Crippen LogP contribution in [0.4, 0.5) is 5.82 Å². The van der Waals surface area contributed by atoms with Crippen LogP contribution in [0.25, 0.3) is 0 Å². The Balaban J connectivity index is 1.39. The van der Waals surface area contributed by atoms with Gasteiger partial charge in [0, 0.05) is 38.3 Å². The van der Waals surface area contributed by atoms with Gasteiger partial charge in [0.25, 0.3) is 0 Å². The van der Waals surface area contributed by atoms with E-state index in [0.717, 1.165) is 44.8 Å². The predicted octanol–water partition coefficient (Wildman–Crippen LogP) is 0.533. The Labute approximate surface area is 137 Å². The number of amides is 1. The molecule has 7 nitrogen and oxygen atoms in total. The summed E-state index contributed by atoms with van der Waals surface area (Å²) >= 11 is 0. The van der Waals surface area contributed by atoms with Crippen LogP contribution in [0, 0.1) is 6.92 Å². The Morgan fingerprint density at radius 3 is 2.83 bits per heavy atom. The van der Waals surface area contributed by atoms with Crippen LogP contribution >= 0.6 is 0 Å². The van der Waals surface area contributed by atoms with Crippen molar-refractivity contribution in [2.24, 2.45) is 0 Å². The molecule has 2 saturated heterocycles. The van der Waals surface area contributed by atoms with E-state index in [9.17, 15) is 4.79 Å². The molecular weight excluding hydrogens is 294 g/mol. The summed E-state index contributed by atoms with van der Waals surface area (Å²) in [5.41, 5.74) is 6.65. The summed E-state index contributed by atoms with van der Waals surface area (Å²) in [7, 11) is 0. The van der Waals surface area contributed by atoms with Crippen LogP contribution in [0.3, 0.4) is 0 Å². The number of aryl methyl sites for hydroxylation is 1. The maximum atomic E-state index is 12.1. The first-order valence-electron chi connectivity index (χ1n) is 8.53. The third kappa shape index (κ3) is 4.45. The van der Waals surface area contributed by atoms with Gasteiger partial charge in [0.2, 0.25) is 5.91 Å². The van der Waals surface area contributed by atoms with Crippen LogP contribution in [0.2, 0.25) is 0 Å². The summed E-state index contributed by atoms with van der Waals surface area (Å²) in [4.78, 5) is 14.6. The lowest BCUT2D eigenvalue weighted by Gasteiger charge is -2.33. The van der Waals surface area contributed by atoms with E-state index in [1.807, 2.05) is 6.92 Å². The van der Waals surface area contributed by atoms with Gasteiger partial charge in [-0.05, 0) is 32.6 Å². The number of nitrogens with one attached hydrogen (secondary N) is 1. The number of carbonyl (C=O) groups is 1. The first-order valence-corrected chi connectivity index (χ1v) is 8.53. The largest absolute Gasteiger partial charge is 0.384 e. The van der Waals surface area contributed by atoms with Crippen molar-refractivity contribution in [3.05, 3.63) is 11.8 Å². The number of hydrogen-bond donors (Lipinski definition) is 2. The van der Waals surface area contributed by atoms with E-state index in [0.29, 0.717) is 11.9 Å². The molecule has 0 unspecified atom stereocenters. The highest BCUT2D eigenvalue weighted by molar-refractivity contribution is 5.76. The molecule has 128 valence electrons. The van der Waals surface area contributed by atoms with Gasteiger partial charge in [-0.1, -0.05) is 0 Å². The molecule has 1 atom stereocenters. The minimum Gasteiger partial charge on any atom is -0.384 e. The number of aromatic nitrogens is 2. The third-order valence-electron chi connectivity index (χ3n) is 4.67. The molecule has 3 heterocycles. The number of nitrogen functional groups attached to an aromatic ring is 1. The molecule has 1 amide bonds. The number of carbonyl (C=O) groups excluding carboxylic acids is 1. The van der Waals surface area contributed by atoms with Crippen LogP contribution in [0.1, 0.15) is 31.4 Å². The number of nitrogens with two attached hydrogens (primary N) is 1. The summed E-state index contributed by atoms with van der Waals surface area (Å²) in [6.45, 7) is 6.04. The quantitative estimate of drug-likeness (QED) is 0.826. The SMILES string of the molecule is Cc1cc(N)n(CC(=O)NC2CCN(C[C@H]3CCCO3)CC2)n1. The molecule has 7 heteroatoms. The zero-order valence-electron chi connectivity index (χ0n) is 13.8. The molecule has 2 aliphatic rings. The van der Waals surface area contributed by atoms with Gasteiger partial charge >= 0.3 is 0 Å². The molecule has 0 spiro atoms. The molecule has 3 rings (SSSR count). The monoisotopic (exact) mass is 321 g/mol. The second-order valence-electron chi connectivity index (χ2n) is 6.65. The zero-order valence-corrected chi connectivity index (χ0v) is 13.8. The minimum atomic E-state index is -0.0163. The minimum absolute atomic E-state index is 0.0163. The summed E-state index contributed by atoms with van der Waals surface area (Å²) in [5, 5.41) is 7.33. The van der Waals surface area contributed by atoms with Crippen molar-refractivity contribution in [2.75, 3.05) is 32.0 Å². The van der Waals surface area contributed by atoms with E-state index >= 15 is 0 Å². The van der Waals surface area contributed by atoms with Crippen molar-refractivity contribution >= 4 is 11.7 Å². The molecule has 2 aliphatic heterocycles. The van der Waals surface area contributed by atoms with E-state index < -0.39 is 0 Å². The van der Waals surface area contributed by atoms with Crippen molar-refractivity contribution in [3.8, 4) is 0 Å². The third-order valence-corrected chi connectivity index (χ3v) is 4.67. The van der Waals surface area contributed by atoms with Gasteiger partial charge in [0.1, 0.15) is 12.4 Å². The highest BCUT2D eigenvalue weighted by Gasteiger charge is 2.24. The summed E-state index contributed by atoms with van der Waals surface area (Å²) in [6.07, 6.45) is 4.76. The van der Waals surface area contributed by atoms with Crippen LogP contribution in [0.5, 0.6) is 0 Å². The summed E-state index contributed by atoms with van der Waals surface area (Å²) in [5.74, 6) is 0.515. The van der Waals surface area contributed by atoms with Crippen LogP contribution in [0.15, 0.2) is 6.07 Å². The molecule has 2 fully saturated rings. The number of ether oxygens (including phenoxy) is 1. The van der Waals surface area contributed by atoms with E-state index in [4.69, 9.17) is 10.5 Å². The van der Waals surface area contributed by atoms with Gasteiger partial charge in [-0.25, -0.2) is 4.68 Å². The fraction of sp³-hybridized carbons (Fsp3) is 0.750. The second-order valence-corrected chi connectivity index (χ2v) is 6.65. The lowest BCUT2D eigenvalue weighted by molar-refractivity contribution is -0.122. The van der Waals surface area contributed by atoms with E-state index in [2.05, 4.69) is 15.3 Å². The van der Waals surface area contributed by atoms with Gasteiger partial charge in [0.05, 0.1) is 11.8 Å². The van der Waals surface area contributed by atoms with Gasteiger partial charge in [-0.2, -0.15) is 5.10 Å². The molecule has 0 aromatic carbocycles. The smallest absolute Gasteiger partial charge is 0.242 e. The first kappa shape index (κ1) is 16.3. The van der Waals surface area contributed by atoms with Gasteiger partial charge in [-0.15, -0.1) is 0 Å². The van der Waals surface area contributed by atoms with E-state index in [-0.39, 0.29) is 18.5 Å². The first-order chi connectivity index (χ1) is 11.1. The predicted molar refractivity (Wildman–Crippen MR) is 88.0 cm³/mol. The number of rotatable bonds is 5. The Morgan fingerprint density at radius 2 is 2.22 bits per heavy atom. The Kier molecular flexibility index (Phi) is 5.17. The van der Waals surface area contributed by atoms with Gasteiger partial charge in [-0.3, -0.25) is 4.79 Å². The molecule has 23 heavy (non-hydrogen) atoms. The highest BCUT2D eigenvalue weighted by atomic mass is 16.5. The molecule has 0 saturated carbocycles. The van der Waals surface area contributed by atoms with Crippen LogP contribution < -0.4 is 11.1 Å². The molecule has 3 N–H and O–H groups in total. The average Bonchev–Trinajstić information content (AvgIpc) is 3.11. The fourth-order valence-electron chi connectivity index (χ4n) is 3.44. The Hall–Kier alpha value is -1.60. The molecule has 0 bridgehead atoms. The average molecular weight is 321 g/mol. The number of likely N-dealkylation sites (tertiary alicyclic amines) is 1. The molecule has 1 aromatic rings. The lowest BCUT2D eigenvalue weighted by Crippen LogP contribution is -2.47. The highest BCUT2D eigenvalue weighted by Crippen LogP contribution is 2.17. The maximum Gasteiger partial charge on any atom is 0.242 e. The van der Waals surface area contributed by atoms with Crippen molar-refractivity contribution in [1.29, 1.82) is 0 Å². The van der Waals surface area contributed by atoms with Gasteiger partial charge < -0.3 is 20.7 Å². The fourth-order valence-corrected chi connectivity index (χ4v) is 3.44. The van der Waals surface area contributed by atoms with E-state index in [1.165, 1.54) is 12.8 Å². The second kappa shape index (κ2) is 7.31. The Morgan fingerprint density at radius 1 is 1.43 bits per heavy atom. The van der Waals surface area contributed by atoms with Crippen molar-refractivity contribution in [2.45, 2.75) is 51.3 Å². The lowest BCUT2D eigenvalue weighted by atomic mass is 10.0.